The van der Waals surface area contributed by atoms with Crippen LogP contribution < -0.4 is 0 Å². The largest absolute Gasteiger partial charge is 2.00 e. The van der Waals surface area contributed by atoms with Gasteiger partial charge in [0.2, 0.25) is 0 Å². The Morgan fingerprint density at radius 1 is 1.70 bits per heavy atom. The van der Waals surface area contributed by atoms with E-state index in [9.17, 15) is 0 Å². The first-order valence-electron chi connectivity index (χ1n) is 2.80. The predicted molar refractivity (Wildman–Crippen MR) is 41.7 cm³/mol. The van der Waals surface area contributed by atoms with E-state index in [0.29, 0.717) is 0 Å². The van der Waals surface area contributed by atoms with Gasteiger partial charge in [-0.3, -0.25) is 6.08 Å². The second-order valence-electron chi connectivity index (χ2n) is 1.80. The minimum Gasteiger partial charge on any atom is -0.358 e. The normalized spacial score (nSPS) is 13.0. The van der Waals surface area contributed by atoms with Gasteiger partial charge in [0.25, 0.3) is 0 Å². The average molecular weight is 304 g/mol. The van der Waals surface area contributed by atoms with E-state index in [2.05, 4.69) is 24.8 Å². The second-order valence-corrected chi connectivity index (χ2v) is 1.80. The number of hydrogen-bond acceptors (Lipinski definition) is 0. The monoisotopic (exact) mass is 304 g/mol. The summed E-state index contributed by atoms with van der Waals surface area (Å²) in [5, 5.41) is 0. The molecule has 0 aromatic rings. The summed E-state index contributed by atoms with van der Waals surface area (Å²) in [6.45, 7) is 3.63. The topological polar surface area (TPSA) is 0 Å². The fourth-order valence-corrected chi connectivity index (χ4v) is 0.746. The second kappa shape index (κ2) is 7.02. The number of allylic oxidation sites excluding steroid dienone is 5. The van der Waals surface area contributed by atoms with Gasteiger partial charge in [-0.2, -0.15) is 6.08 Å². The molecule has 1 aliphatic rings. The summed E-state index contributed by atoms with van der Waals surface area (Å²) in [5.41, 5.74) is 1.28. The van der Waals surface area contributed by atoms with Crippen LogP contribution in [0.25, 0.3) is 0 Å². The van der Waals surface area contributed by atoms with E-state index >= 15 is 0 Å². The van der Waals surface area contributed by atoms with Gasteiger partial charge in [-0.25, -0.2) is 11.6 Å². The Kier molecular flexibility index (Phi) is 8.83. The van der Waals surface area contributed by atoms with Gasteiger partial charge in [0.1, 0.15) is 0 Å². The van der Waals surface area contributed by atoms with Gasteiger partial charge >= 0.3 is 21.1 Å². The average Bonchev–Trinajstić information content (AvgIpc) is 2.19. The summed E-state index contributed by atoms with van der Waals surface area (Å²) < 4.78 is 0. The maximum Gasteiger partial charge on any atom is 2.00 e. The zero-order valence-corrected chi connectivity index (χ0v) is 9.20. The first-order valence-corrected chi connectivity index (χ1v) is 2.80. The molecule has 0 aromatic carbocycles. The van der Waals surface area contributed by atoms with E-state index in [-0.39, 0.29) is 28.5 Å². The van der Waals surface area contributed by atoms with Crippen molar-refractivity contribution in [2.45, 2.75) is 12.8 Å². The molecule has 10 heavy (non-hydrogen) atoms. The van der Waals surface area contributed by atoms with Crippen molar-refractivity contribution in [3.05, 3.63) is 43.9 Å². The molecular weight excluding hydrogens is 292 g/mol. The summed E-state index contributed by atoms with van der Waals surface area (Å²) in [5.74, 6) is 0. The Morgan fingerprint density at radius 2 is 2.40 bits per heavy atom. The molecule has 1 heteroatoms. The third-order valence-corrected chi connectivity index (χ3v) is 1.13. The maximum absolute atomic E-state index is 3.63. The minimum atomic E-state index is 0. The molecule has 1 aliphatic carbocycles. The van der Waals surface area contributed by atoms with Crippen LogP contribution in [0.15, 0.2) is 30.4 Å². The van der Waals surface area contributed by atoms with Gasteiger partial charge in [-0.05, 0) is 6.42 Å². The molecule has 1 rings (SSSR count). The molecule has 0 nitrogen and oxygen atoms in total. The van der Waals surface area contributed by atoms with Crippen LogP contribution in [0.3, 0.4) is 0 Å². The Labute approximate surface area is 78.0 Å². The van der Waals surface area contributed by atoms with E-state index in [4.69, 9.17) is 0 Å². The van der Waals surface area contributed by atoms with Crippen LogP contribution in [0.5, 0.6) is 0 Å². The van der Waals surface area contributed by atoms with Gasteiger partial charge < -0.3 is 7.43 Å². The molecule has 0 atom stereocenters. The summed E-state index contributed by atoms with van der Waals surface area (Å²) in [6, 6.07) is 0. The summed E-state index contributed by atoms with van der Waals surface area (Å²) >= 11 is 0. The fraction of sp³-hybridized carbons (Fsp3) is 0.222. The van der Waals surface area contributed by atoms with Gasteiger partial charge in [0, 0.05) is 0 Å². The Morgan fingerprint density at radius 3 is 2.80 bits per heavy atom. The summed E-state index contributed by atoms with van der Waals surface area (Å²) in [4.78, 5) is 0. The molecule has 0 N–H and O–H groups in total. The molecular formula is C9H12W. The van der Waals surface area contributed by atoms with Crippen LogP contribution >= 0.6 is 0 Å². The van der Waals surface area contributed by atoms with Gasteiger partial charge in [0.05, 0.1) is 0 Å². The standard InChI is InChI=1S/C8H9.CH3.W/c1-2-5-8-6-3-4-7-8;;/h2-3,6H,1,4-5H2;1H3;/q2*-1;+2. The molecule has 0 spiro atoms. The molecule has 0 aliphatic heterocycles. The third kappa shape index (κ3) is 3.84. The van der Waals surface area contributed by atoms with Crippen LogP contribution in [-0.4, -0.2) is 0 Å². The van der Waals surface area contributed by atoms with Crippen LogP contribution in [-0.2, 0) is 21.1 Å². The van der Waals surface area contributed by atoms with Crippen LogP contribution in [0, 0.1) is 13.5 Å². The number of hydrogen-bond donors (Lipinski definition) is 0. The van der Waals surface area contributed by atoms with Crippen molar-refractivity contribution in [3.63, 3.8) is 0 Å². The predicted octanol–water partition coefficient (Wildman–Crippen LogP) is 2.70. The van der Waals surface area contributed by atoms with E-state index in [0.717, 1.165) is 12.8 Å². The molecule has 0 aromatic heterocycles. The van der Waals surface area contributed by atoms with Crippen molar-refractivity contribution in [1.29, 1.82) is 0 Å². The van der Waals surface area contributed by atoms with Crippen molar-refractivity contribution in [3.8, 4) is 0 Å². The fourth-order valence-electron chi connectivity index (χ4n) is 0.746. The van der Waals surface area contributed by atoms with E-state index in [1.807, 2.05) is 6.08 Å². The quantitative estimate of drug-likeness (QED) is 0.543. The van der Waals surface area contributed by atoms with Gasteiger partial charge in [-0.15, -0.1) is 13.0 Å². The van der Waals surface area contributed by atoms with Crippen LogP contribution in [0.4, 0.5) is 0 Å². The van der Waals surface area contributed by atoms with Crippen LogP contribution in [0.1, 0.15) is 12.8 Å². The SMILES string of the molecule is C=CCC1=[C-]CC=C1.[CH3-].[W+2]. The van der Waals surface area contributed by atoms with E-state index < -0.39 is 0 Å². The Bertz CT molecular complexity index is 143. The molecule has 0 bridgehead atoms. The third-order valence-electron chi connectivity index (χ3n) is 1.13. The number of rotatable bonds is 2. The van der Waals surface area contributed by atoms with Crippen molar-refractivity contribution in [2.24, 2.45) is 0 Å². The maximum atomic E-state index is 3.63. The first-order chi connectivity index (χ1) is 3.93. The Hall–Kier alpha value is -0.0917. The minimum absolute atomic E-state index is 0. The van der Waals surface area contributed by atoms with Crippen molar-refractivity contribution >= 4 is 0 Å². The molecule has 54 valence electrons. The Balaban J connectivity index is 0. The van der Waals surface area contributed by atoms with Crippen molar-refractivity contribution in [2.75, 3.05) is 0 Å². The molecule has 0 heterocycles. The molecule has 0 amide bonds. The van der Waals surface area contributed by atoms with Crippen LogP contribution in [0.2, 0.25) is 0 Å². The smallest absolute Gasteiger partial charge is 0.358 e. The molecule has 0 unspecified atom stereocenters. The molecule has 0 saturated heterocycles. The zero-order chi connectivity index (χ0) is 5.82. The van der Waals surface area contributed by atoms with Crippen molar-refractivity contribution < 1.29 is 21.1 Å². The zero-order valence-electron chi connectivity index (χ0n) is 6.26. The summed E-state index contributed by atoms with van der Waals surface area (Å²) in [7, 11) is 0. The van der Waals surface area contributed by atoms with Crippen molar-refractivity contribution in [1.82, 2.24) is 0 Å². The van der Waals surface area contributed by atoms with Gasteiger partial charge in [-0.1, -0.05) is 6.08 Å². The van der Waals surface area contributed by atoms with E-state index in [1.54, 1.807) is 0 Å². The molecule has 0 radical (unpaired) electrons. The molecule has 0 fully saturated rings. The first kappa shape index (κ1) is 12.6. The van der Waals surface area contributed by atoms with Gasteiger partial charge in [0.15, 0.2) is 0 Å². The van der Waals surface area contributed by atoms with E-state index in [1.165, 1.54) is 5.57 Å². The summed E-state index contributed by atoms with van der Waals surface area (Å²) in [6.07, 6.45) is 11.3. The molecule has 0 saturated carbocycles.